The van der Waals surface area contributed by atoms with Gasteiger partial charge in [-0.25, -0.2) is 4.79 Å². The van der Waals surface area contributed by atoms with E-state index in [0.29, 0.717) is 17.9 Å². The number of ether oxygens (including phenoxy) is 3. The number of hydrogen-bond donors (Lipinski definition) is 1. The third kappa shape index (κ3) is 3.13. The van der Waals surface area contributed by atoms with E-state index in [1.165, 1.54) is 0 Å². The molecular formula is C16H21NO4. The SMILES string of the molecule is COC1CCCC(OC(=O)c2cccc3c2OCCN3)C1. The highest BCUT2D eigenvalue weighted by Gasteiger charge is 2.27. The molecule has 0 radical (unpaired) electrons. The predicted octanol–water partition coefficient (Wildman–Crippen LogP) is 2.61. The zero-order chi connectivity index (χ0) is 14.7. The van der Waals surface area contributed by atoms with E-state index in [1.54, 1.807) is 13.2 Å². The van der Waals surface area contributed by atoms with Crippen molar-refractivity contribution in [2.75, 3.05) is 25.6 Å². The van der Waals surface area contributed by atoms with Crippen molar-refractivity contribution in [1.29, 1.82) is 0 Å². The molecule has 1 aliphatic heterocycles. The minimum absolute atomic E-state index is 0.0661. The van der Waals surface area contributed by atoms with Gasteiger partial charge in [-0.2, -0.15) is 0 Å². The molecule has 1 aromatic carbocycles. The molecule has 1 N–H and O–H groups in total. The van der Waals surface area contributed by atoms with Crippen LogP contribution in [0.5, 0.6) is 5.75 Å². The largest absolute Gasteiger partial charge is 0.489 e. The molecule has 0 saturated heterocycles. The van der Waals surface area contributed by atoms with Crippen LogP contribution >= 0.6 is 0 Å². The Bertz CT molecular complexity index is 517. The molecule has 2 atom stereocenters. The number of methoxy groups -OCH3 is 1. The Kier molecular flexibility index (Phi) is 4.29. The summed E-state index contributed by atoms with van der Waals surface area (Å²) in [5, 5.41) is 3.22. The Hall–Kier alpha value is -1.75. The summed E-state index contributed by atoms with van der Waals surface area (Å²) >= 11 is 0. The summed E-state index contributed by atoms with van der Waals surface area (Å²) in [7, 11) is 1.71. The second kappa shape index (κ2) is 6.35. The van der Waals surface area contributed by atoms with E-state index in [2.05, 4.69) is 5.32 Å². The minimum Gasteiger partial charge on any atom is -0.489 e. The van der Waals surface area contributed by atoms with Crippen molar-refractivity contribution in [2.24, 2.45) is 0 Å². The van der Waals surface area contributed by atoms with Crippen molar-refractivity contribution in [3.63, 3.8) is 0 Å². The number of para-hydroxylation sites is 1. The van der Waals surface area contributed by atoms with Crippen molar-refractivity contribution >= 4 is 11.7 Å². The summed E-state index contributed by atoms with van der Waals surface area (Å²) in [6, 6.07) is 5.51. The van der Waals surface area contributed by atoms with Crippen molar-refractivity contribution < 1.29 is 19.0 Å². The van der Waals surface area contributed by atoms with E-state index in [-0.39, 0.29) is 18.2 Å². The first kappa shape index (κ1) is 14.2. The lowest BCUT2D eigenvalue weighted by Crippen LogP contribution is -2.29. The smallest absolute Gasteiger partial charge is 0.342 e. The Morgan fingerprint density at radius 3 is 3.05 bits per heavy atom. The van der Waals surface area contributed by atoms with Crippen molar-refractivity contribution in [1.82, 2.24) is 0 Å². The van der Waals surface area contributed by atoms with Crippen LogP contribution in [0.15, 0.2) is 18.2 Å². The van der Waals surface area contributed by atoms with Gasteiger partial charge in [0.25, 0.3) is 0 Å². The number of benzene rings is 1. The minimum atomic E-state index is -0.308. The Balaban J connectivity index is 1.71. The van der Waals surface area contributed by atoms with E-state index in [0.717, 1.165) is 37.9 Å². The quantitative estimate of drug-likeness (QED) is 0.868. The molecule has 21 heavy (non-hydrogen) atoms. The third-order valence-corrected chi connectivity index (χ3v) is 4.08. The zero-order valence-electron chi connectivity index (χ0n) is 12.3. The first-order valence-electron chi connectivity index (χ1n) is 7.51. The average Bonchev–Trinajstić information content (AvgIpc) is 2.54. The van der Waals surface area contributed by atoms with Crippen molar-refractivity contribution in [2.45, 2.75) is 37.9 Å². The molecule has 1 heterocycles. The standard InChI is InChI=1S/C16H21NO4/c1-19-11-4-2-5-12(10-11)21-16(18)13-6-3-7-14-15(13)20-9-8-17-14/h3,6-7,11-12,17H,2,4-5,8-10H2,1H3. The maximum Gasteiger partial charge on any atom is 0.342 e. The van der Waals surface area contributed by atoms with E-state index in [4.69, 9.17) is 14.2 Å². The number of hydrogen-bond acceptors (Lipinski definition) is 5. The van der Waals surface area contributed by atoms with Gasteiger partial charge in [0.05, 0.1) is 11.8 Å². The molecule has 2 unspecified atom stereocenters. The first-order valence-corrected chi connectivity index (χ1v) is 7.51. The molecule has 1 aromatic rings. The van der Waals surface area contributed by atoms with Crippen molar-refractivity contribution in [3.05, 3.63) is 23.8 Å². The fourth-order valence-electron chi connectivity index (χ4n) is 2.97. The summed E-state index contributed by atoms with van der Waals surface area (Å²) in [6.07, 6.45) is 3.87. The summed E-state index contributed by atoms with van der Waals surface area (Å²) in [5.74, 6) is 0.296. The molecule has 0 amide bonds. The molecule has 0 aromatic heterocycles. The van der Waals surface area contributed by atoms with Gasteiger partial charge < -0.3 is 19.5 Å². The number of carbonyl (C=O) groups is 1. The van der Waals surface area contributed by atoms with Gasteiger partial charge in [0.1, 0.15) is 18.3 Å². The first-order chi connectivity index (χ1) is 10.3. The highest BCUT2D eigenvalue weighted by molar-refractivity contribution is 5.95. The third-order valence-electron chi connectivity index (χ3n) is 4.08. The fraction of sp³-hybridized carbons (Fsp3) is 0.562. The Morgan fingerprint density at radius 2 is 2.19 bits per heavy atom. The zero-order valence-corrected chi connectivity index (χ0v) is 12.3. The number of anilines is 1. The van der Waals surface area contributed by atoms with Crippen LogP contribution in [0.4, 0.5) is 5.69 Å². The maximum absolute atomic E-state index is 12.4. The van der Waals surface area contributed by atoms with Gasteiger partial charge in [-0.15, -0.1) is 0 Å². The molecular weight excluding hydrogens is 270 g/mol. The van der Waals surface area contributed by atoms with Gasteiger partial charge in [0.15, 0.2) is 5.75 Å². The molecule has 114 valence electrons. The summed E-state index contributed by atoms with van der Waals surface area (Å²) < 4.78 is 16.6. The Labute approximate surface area is 124 Å². The summed E-state index contributed by atoms with van der Waals surface area (Å²) in [4.78, 5) is 12.4. The molecule has 0 spiro atoms. The normalized spacial score (nSPS) is 24.4. The van der Waals surface area contributed by atoms with Gasteiger partial charge in [-0.3, -0.25) is 0 Å². The molecule has 5 heteroatoms. The molecule has 1 saturated carbocycles. The highest BCUT2D eigenvalue weighted by atomic mass is 16.5. The lowest BCUT2D eigenvalue weighted by atomic mass is 9.95. The van der Waals surface area contributed by atoms with Crippen molar-refractivity contribution in [3.8, 4) is 5.75 Å². The molecule has 1 aliphatic carbocycles. The number of nitrogens with one attached hydrogen (secondary N) is 1. The van der Waals surface area contributed by atoms with Gasteiger partial charge >= 0.3 is 5.97 Å². The van der Waals surface area contributed by atoms with Crippen LogP contribution < -0.4 is 10.1 Å². The lowest BCUT2D eigenvalue weighted by molar-refractivity contribution is -0.0151. The van der Waals surface area contributed by atoms with E-state index in [9.17, 15) is 4.79 Å². The van der Waals surface area contributed by atoms with Crippen LogP contribution in [-0.4, -0.2) is 38.4 Å². The van der Waals surface area contributed by atoms with Crippen LogP contribution in [0, 0.1) is 0 Å². The average molecular weight is 291 g/mol. The number of esters is 1. The topological polar surface area (TPSA) is 56.8 Å². The molecule has 3 rings (SSSR count). The van der Waals surface area contributed by atoms with Gasteiger partial charge in [0.2, 0.25) is 0 Å². The maximum atomic E-state index is 12.4. The van der Waals surface area contributed by atoms with Crippen LogP contribution in [0.3, 0.4) is 0 Å². The van der Waals surface area contributed by atoms with Gasteiger partial charge in [0, 0.05) is 20.1 Å². The monoisotopic (exact) mass is 291 g/mol. The lowest BCUT2D eigenvalue weighted by Gasteiger charge is -2.28. The number of carbonyl (C=O) groups excluding carboxylic acids is 1. The molecule has 1 fully saturated rings. The molecule has 2 aliphatic rings. The highest BCUT2D eigenvalue weighted by Crippen LogP contribution is 2.32. The predicted molar refractivity (Wildman–Crippen MR) is 78.9 cm³/mol. The van der Waals surface area contributed by atoms with E-state index in [1.807, 2.05) is 12.1 Å². The molecule has 0 bridgehead atoms. The molecule has 5 nitrogen and oxygen atoms in total. The number of rotatable bonds is 3. The van der Waals surface area contributed by atoms with Crippen LogP contribution in [0.25, 0.3) is 0 Å². The van der Waals surface area contributed by atoms with Gasteiger partial charge in [-0.05, 0) is 31.4 Å². The van der Waals surface area contributed by atoms with Crippen LogP contribution in [-0.2, 0) is 9.47 Å². The number of fused-ring (bicyclic) bond motifs is 1. The van der Waals surface area contributed by atoms with E-state index < -0.39 is 0 Å². The summed E-state index contributed by atoms with van der Waals surface area (Å²) in [5.41, 5.74) is 1.35. The van der Waals surface area contributed by atoms with Crippen LogP contribution in [0.1, 0.15) is 36.0 Å². The summed E-state index contributed by atoms with van der Waals surface area (Å²) in [6.45, 7) is 1.32. The van der Waals surface area contributed by atoms with Gasteiger partial charge in [-0.1, -0.05) is 6.07 Å². The van der Waals surface area contributed by atoms with Crippen LogP contribution in [0.2, 0.25) is 0 Å². The second-order valence-corrected chi connectivity index (χ2v) is 5.51. The second-order valence-electron chi connectivity index (χ2n) is 5.51. The van der Waals surface area contributed by atoms with E-state index >= 15 is 0 Å². The fourth-order valence-corrected chi connectivity index (χ4v) is 2.97. The Morgan fingerprint density at radius 1 is 1.33 bits per heavy atom.